The van der Waals surface area contributed by atoms with Gasteiger partial charge in [0.05, 0.1) is 13.2 Å². The van der Waals surface area contributed by atoms with Gasteiger partial charge in [0.15, 0.2) is 0 Å². The molecule has 0 fully saturated rings. The third kappa shape index (κ3) is 6.87. The summed E-state index contributed by atoms with van der Waals surface area (Å²) in [7, 11) is 0. The van der Waals surface area contributed by atoms with E-state index in [0.717, 1.165) is 22.8 Å². The van der Waals surface area contributed by atoms with Crippen LogP contribution in [0.1, 0.15) is 24.5 Å². The predicted molar refractivity (Wildman–Crippen MR) is 88.0 cm³/mol. The highest BCUT2D eigenvalue weighted by atomic mass is 32.2. The fourth-order valence-electron chi connectivity index (χ4n) is 1.75. The molecule has 0 aliphatic heterocycles. The maximum Gasteiger partial charge on any atom is 0.322 e. The molecule has 0 radical (unpaired) electrons. The molecule has 0 spiro atoms. The molecule has 1 aromatic rings. The quantitative estimate of drug-likeness (QED) is 0.561. The van der Waals surface area contributed by atoms with Crippen molar-refractivity contribution in [3.8, 4) is 5.75 Å². The molecule has 118 valence electrons. The van der Waals surface area contributed by atoms with Gasteiger partial charge in [0, 0.05) is 5.75 Å². The molecule has 0 aromatic heterocycles. The molecule has 0 saturated carbocycles. The van der Waals surface area contributed by atoms with Gasteiger partial charge >= 0.3 is 5.97 Å². The fraction of sp³-hybridized carbons (Fsp3) is 0.562. The van der Waals surface area contributed by atoms with Gasteiger partial charge in [-0.15, -0.1) is 0 Å². The highest BCUT2D eigenvalue weighted by molar-refractivity contribution is 7.99. The summed E-state index contributed by atoms with van der Waals surface area (Å²) in [6, 6.07) is 5.68. The lowest BCUT2D eigenvalue weighted by Gasteiger charge is -2.11. The smallest absolute Gasteiger partial charge is 0.322 e. The van der Waals surface area contributed by atoms with Gasteiger partial charge in [-0.25, -0.2) is 0 Å². The Morgan fingerprint density at radius 3 is 2.81 bits per heavy atom. The van der Waals surface area contributed by atoms with Crippen LogP contribution >= 0.6 is 11.8 Å². The van der Waals surface area contributed by atoms with E-state index in [1.54, 1.807) is 18.7 Å². The summed E-state index contributed by atoms with van der Waals surface area (Å²) in [5, 5.41) is 0. The summed E-state index contributed by atoms with van der Waals surface area (Å²) in [4.78, 5) is 11.3. The Morgan fingerprint density at radius 2 is 2.10 bits per heavy atom. The second kappa shape index (κ2) is 9.68. The van der Waals surface area contributed by atoms with Gasteiger partial charge < -0.3 is 15.2 Å². The highest BCUT2D eigenvalue weighted by Gasteiger charge is 2.13. The topological polar surface area (TPSA) is 61.5 Å². The molecule has 5 heteroatoms. The molecule has 0 heterocycles. The number of rotatable bonds is 9. The monoisotopic (exact) mass is 311 g/mol. The first kappa shape index (κ1) is 17.9. The molecule has 21 heavy (non-hydrogen) atoms. The van der Waals surface area contributed by atoms with Crippen molar-refractivity contribution in [3.05, 3.63) is 29.3 Å². The maximum atomic E-state index is 11.3. The summed E-state index contributed by atoms with van der Waals surface area (Å²) in [6.45, 7) is 6.91. The van der Waals surface area contributed by atoms with Crippen molar-refractivity contribution in [2.75, 3.05) is 24.7 Å². The minimum absolute atomic E-state index is 0.315. The van der Waals surface area contributed by atoms with Crippen LogP contribution in [0.5, 0.6) is 5.75 Å². The molecule has 0 amide bonds. The highest BCUT2D eigenvalue weighted by Crippen LogP contribution is 2.19. The van der Waals surface area contributed by atoms with Gasteiger partial charge in [-0.05, 0) is 50.1 Å². The number of nitrogens with two attached hydrogens (primary N) is 1. The second-order valence-electron chi connectivity index (χ2n) is 4.88. The first-order valence-electron chi connectivity index (χ1n) is 7.24. The van der Waals surface area contributed by atoms with E-state index in [1.165, 1.54) is 5.56 Å². The van der Waals surface area contributed by atoms with Crippen LogP contribution in [0.3, 0.4) is 0 Å². The molecule has 0 bridgehead atoms. The number of carbonyl (C=O) groups is 1. The van der Waals surface area contributed by atoms with E-state index in [0.29, 0.717) is 19.6 Å². The van der Waals surface area contributed by atoms with Gasteiger partial charge in [-0.3, -0.25) is 4.79 Å². The number of ether oxygens (including phenoxy) is 2. The average molecular weight is 311 g/mol. The van der Waals surface area contributed by atoms with Crippen molar-refractivity contribution < 1.29 is 14.3 Å². The van der Waals surface area contributed by atoms with Crippen LogP contribution in [0, 0.1) is 13.8 Å². The number of hydrogen-bond donors (Lipinski definition) is 1. The summed E-state index contributed by atoms with van der Waals surface area (Å²) >= 11 is 1.73. The Labute approximate surface area is 131 Å². The number of benzene rings is 1. The molecule has 4 nitrogen and oxygen atoms in total. The van der Waals surface area contributed by atoms with Gasteiger partial charge in [-0.2, -0.15) is 11.8 Å². The Kier molecular flexibility index (Phi) is 8.23. The zero-order chi connectivity index (χ0) is 15.7. The van der Waals surface area contributed by atoms with Crippen LogP contribution in [0.4, 0.5) is 0 Å². The normalized spacial score (nSPS) is 12.0. The Morgan fingerprint density at radius 1 is 1.33 bits per heavy atom. The lowest BCUT2D eigenvalue weighted by atomic mass is 10.1. The summed E-state index contributed by atoms with van der Waals surface area (Å²) in [6.07, 6.45) is 0.632. The van der Waals surface area contributed by atoms with E-state index in [2.05, 4.69) is 25.1 Å². The van der Waals surface area contributed by atoms with Crippen molar-refractivity contribution in [1.29, 1.82) is 0 Å². The number of carbonyl (C=O) groups excluding carboxylic acids is 1. The SMILES string of the molecule is CCOC(=O)C(N)CCSCCOc1cc(C)ccc1C. The summed E-state index contributed by atoms with van der Waals surface area (Å²) in [5.41, 5.74) is 8.07. The molecular weight excluding hydrogens is 286 g/mol. The van der Waals surface area contributed by atoms with E-state index in [4.69, 9.17) is 15.2 Å². The average Bonchev–Trinajstić information content (AvgIpc) is 2.46. The van der Waals surface area contributed by atoms with Crippen LogP contribution in [-0.2, 0) is 9.53 Å². The van der Waals surface area contributed by atoms with Crippen LogP contribution in [0.15, 0.2) is 18.2 Å². The summed E-state index contributed by atoms with van der Waals surface area (Å²) in [5.74, 6) is 2.34. The Balaban J connectivity index is 2.15. The lowest BCUT2D eigenvalue weighted by molar-refractivity contribution is -0.144. The molecular formula is C16H25NO3S. The number of esters is 1. The maximum absolute atomic E-state index is 11.3. The van der Waals surface area contributed by atoms with Gasteiger partial charge in [0.25, 0.3) is 0 Å². The van der Waals surface area contributed by atoms with Crippen molar-refractivity contribution in [3.63, 3.8) is 0 Å². The van der Waals surface area contributed by atoms with Crippen molar-refractivity contribution >= 4 is 17.7 Å². The van der Waals surface area contributed by atoms with E-state index in [1.807, 2.05) is 6.92 Å². The Hall–Kier alpha value is -1.20. The lowest BCUT2D eigenvalue weighted by Crippen LogP contribution is -2.32. The van der Waals surface area contributed by atoms with Crippen LogP contribution in [0.25, 0.3) is 0 Å². The van der Waals surface area contributed by atoms with E-state index in [9.17, 15) is 4.79 Å². The van der Waals surface area contributed by atoms with Crippen LogP contribution < -0.4 is 10.5 Å². The van der Waals surface area contributed by atoms with E-state index >= 15 is 0 Å². The van der Waals surface area contributed by atoms with Gasteiger partial charge in [0.1, 0.15) is 11.8 Å². The fourth-order valence-corrected chi connectivity index (χ4v) is 2.58. The molecule has 2 N–H and O–H groups in total. The number of hydrogen-bond acceptors (Lipinski definition) is 5. The molecule has 0 aliphatic rings. The first-order valence-corrected chi connectivity index (χ1v) is 8.40. The minimum Gasteiger partial charge on any atom is -0.492 e. The molecule has 1 rings (SSSR count). The van der Waals surface area contributed by atoms with Crippen molar-refractivity contribution in [2.24, 2.45) is 5.73 Å². The predicted octanol–water partition coefficient (Wildman–Crippen LogP) is 2.70. The number of thioether (sulfide) groups is 1. The molecule has 1 atom stereocenters. The second-order valence-corrected chi connectivity index (χ2v) is 6.10. The first-order chi connectivity index (χ1) is 10.0. The van der Waals surface area contributed by atoms with Crippen molar-refractivity contribution in [1.82, 2.24) is 0 Å². The zero-order valence-corrected chi connectivity index (χ0v) is 13.9. The molecule has 0 saturated heterocycles. The van der Waals surface area contributed by atoms with Gasteiger partial charge in [0.2, 0.25) is 0 Å². The third-order valence-electron chi connectivity index (χ3n) is 2.99. The van der Waals surface area contributed by atoms with E-state index < -0.39 is 6.04 Å². The zero-order valence-electron chi connectivity index (χ0n) is 13.1. The standard InChI is InChI=1S/C16H25NO3S/c1-4-19-16(18)14(17)7-9-21-10-8-20-15-11-12(2)5-6-13(15)3/h5-6,11,14H,4,7-10,17H2,1-3H3. The third-order valence-corrected chi connectivity index (χ3v) is 3.97. The Bertz CT molecular complexity index is 451. The largest absolute Gasteiger partial charge is 0.492 e. The van der Waals surface area contributed by atoms with E-state index in [-0.39, 0.29) is 5.97 Å². The molecule has 1 unspecified atom stereocenters. The van der Waals surface area contributed by atoms with Crippen LogP contribution in [0.2, 0.25) is 0 Å². The van der Waals surface area contributed by atoms with Crippen molar-refractivity contribution in [2.45, 2.75) is 33.2 Å². The minimum atomic E-state index is -0.516. The van der Waals surface area contributed by atoms with Crippen LogP contribution in [-0.4, -0.2) is 36.7 Å². The van der Waals surface area contributed by atoms with Gasteiger partial charge in [-0.1, -0.05) is 12.1 Å². The molecule has 1 aromatic carbocycles. The summed E-state index contributed by atoms with van der Waals surface area (Å²) < 4.78 is 10.6. The number of aryl methyl sites for hydroxylation is 2. The molecule has 0 aliphatic carbocycles.